The van der Waals surface area contributed by atoms with Crippen LogP contribution in [-0.4, -0.2) is 27.2 Å². The number of carbonyl (C=O) groups is 1. The number of carbonyl (C=O) groups excluding carboxylic acids is 1. The lowest BCUT2D eigenvalue weighted by atomic mass is 9.72. The van der Waals surface area contributed by atoms with Gasteiger partial charge in [0, 0.05) is 70.4 Å². The molecular formula is C48H48N2O2. The maximum atomic E-state index is 14.6. The van der Waals surface area contributed by atoms with Crippen molar-refractivity contribution in [3.05, 3.63) is 167 Å². The zero-order chi connectivity index (χ0) is 35.8. The number of hydrogen-bond donors (Lipinski definition) is 0. The average molecular weight is 685 g/mol. The van der Waals surface area contributed by atoms with Crippen LogP contribution in [0.3, 0.4) is 0 Å². The van der Waals surface area contributed by atoms with Crippen LogP contribution in [0, 0.1) is 17.8 Å². The van der Waals surface area contributed by atoms with E-state index in [1.165, 1.54) is 11.3 Å². The molecule has 0 saturated heterocycles. The Bertz CT molecular complexity index is 2230. The zero-order valence-corrected chi connectivity index (χ0v) is 30.6. The molecule has 4 aliphatic rings. The first-order valence-electron chi connectivity index (χ1n) is 19.1. The van der Waals surface area contributed by atoms with Gasteiger partial charge in [-0.25, -0.2) is 0 Å². The second-order valence-electron chi connectivity index (χ2n) is 15.5. The van der Waals surface area contributed by atoms with Gasteiger partial charge in [0.25, 0.3) is 0 Å². The maximum Gasteiger partial charge on any atom is 0.209 e. The first-order chi connectivity index (χ1) is 25.3. The van der Waals surface area contributed by atoms with Crippen molar-refractivity contribution in [3.63, 3.8) is 0 Å². The van der Waals surface area contributed by atoms with E-state index >= 15 is 0 Å². The maximum absolute atomic E-state index is 14.6. The number of hydrogen-bond acceptors (Lipinski definition) is 2. The second-order valence-corrected chi connectivity index (χ2v) is 15.5. The van der Waals surface area contributed by atoms with E-state index in [0.717, 1.165) is 72.2 Å². The van der Waals surface area contributed by atoms with E-state index < -0.39 is 0 Å². The van der Waals surface area contributed by atoms with E-state index in [4.69, 9.17) is 0 Å². The highest BCUT2D eigenvalue weighted by Crippen LogP contribution is 2.47. The molecule has 0 saturated carbocycles. The predicted octanol–water partition coefficient (Wildman–Crippen LogP) is 9.57. The molecule has 1 unspecified atom stereocenters. The lowest BCUT2D eigenvalue weighted by Crippen LogP contribution is -2.36. The summed E-state index contributed by atoms with van der Waals surface area (Å²) >= 11 is 0. The molecule has 4 aromatic rings. The van der Waals surface area contributed by atoms with Crippen LogP contribution in [0.1, 0.15) is 68.8 Å². The summed E-state index contributed by atoms with van der Waals surface area (Å²) in [7, 11) is 0. The lowest BCUT2D eigenvalue weighted by molar-refractivity contribution is -0.439. The molecule has 3 aromatic carbocycles. The van der Waals surface area contributed by atoms with Crippen molar-refractivity contribution >= 4 is 33.7 Å². The van der Waals surface area contributed by atoms with Crippen molar-refractivity contribution in [1.29, 1.82) is 0 Å². The van der Waals surface area contributed by atoms with E-state index in [1.807, 2.05) is 18.2 Å². The monoisotopic (exact) mass is 684 g/mol. The largest absolute Gasteiger partial charge is 0.871 e. The van der Waals surface area contributed by atoms with Crippen LogP contribution >= 0.6 is 0 Å². The van der Waals surface area contributed by atoms with E-state index in [2.05, 4.69) is 145 Å². The summed E-state index contributed by atoms with van der Waals surface area (Å²) in [5.41, 5.74) is 7.93. The summed E-state index contributed by atoms with van der Waals surface area (Å²) in [6.45, 7) is 8.46. The van der Waals surface area contributed by atoms with Crippen LogP contribution in [0.2, 0.25) is 0 Å². The Morgan fingerprint density at radius 1 is 0.846 bits per heavy atom. The van der Waals surface area contributed by atoms with Crippen molar-refractivity contribution in [3.8, 4) is 0 Å². The molecule has 0 N–H and O–H groups in total. The summed E-state index contributed by atoms with van der Waals surface area (Å²) in [5, 5.41) is 15.6. The summed E-state index contributed by atoms with van der Waals surface area (Å²) in [6, 6.07) is 27.4. The Hall–Kier alpha value is -5.22. The van der Waals surface area contributed by atoms with Crippen molar-refractivity contribution in [2.24, 2.45) is 17.8 Å². The van der Waals surface area contributed by atoms with Gasteiger partial charge in [-0.3, -0.25) is 4.79 Å². The van der Waals surface area contributed by atoms with Gasteiger partial charge in [-0.2, -0.15) is 4.58 Å². The number of aromatic nitrogens is 1. The molecule has 3 aliphatic carbocycles. The minimum absolute atomic E-state index is 0.139. The fraction of sp³-hybridized carbons (Fsp3) is 0.292. The molecule has 0 bridgehead atoms. The van der Waals surface area contributed by atoms with Gasteiger partial charge in [-0.05, 0) is 55.6 Å². The Balaban J connectivity index is 1.25. The molecule has 4 heteroatoms. The highest BCUT2D eigenvalue weighted by atomic mass is 16.3. The number of Topliss-reactive ketones (excluding diaryl/α,β-unsaturated/α-hetero) is 1. The van der Waals surface area contributed by atoms with Gasteiger partial charge in [0.05, 0.1) is 5.41 Å². The minimum Gasteiger partial charge on any atom is -0.871 e. The topological polar surface area (TPSA) is 48.1 Å². The van der Waals surface area contributed by atoms with Crippen molar-refractivity contribution in [1.82, 2.24) is 4.57 Å². The van der Waals surface area contributed by atoms with Crippen LogP contribution in [0.4, 0.5) is 5.69 Å². The molecule has 1 aliphatic heterocycles. The smallest absolute Gasteiger partial charge is 0.209 e. The molecule has 2 heterocycles. The van der Waals surface area contributed by atoms with Crippen molar-refractivity contribution in [2.75, 3.05) is 6.54 Å². The molecule has 0 spiro atoms. The summed E-state index contributed by atoms with van der Waals surface area (Å²) < 4.78 is 4.77. The van der Waals surface area contributed by atoms with E-state index in [0.29, 0.717) is 35.3 Å². The van der Waals surface area contributed by atoms with Crippen LogP contribution < -0.4 is 5.11 Å². The van der Waals surface area contributed by atoms with E-state index in [9.17, 15) is 9.90 Å². The van der Waals surface area contributed by atoms with Gasteiger partial charge in [-0.15, -0.1) is 0 Å². The molecule has 8 rings (SSSR count). The Morgan fingerprint density at radius 3 is 2.21 bits per heavy atom. The number of aryl methyl sites for hydroxylation is 1. The van der Waals surface area contributed by atoms with Crippen LogP contribution in [0.15, 0.2) is 145 Å². The Kier molecular flexibility index (Phi) is 9.17. The molecule has 4 nitrogen and oxygen atoms in total. The van der Waals surface area contributed by atoms with Crippen molar-refractivity contribution in [2.45, 2.75) is 64.8 Å². The standard InChI is InChI=1S/C48H48N2O2/c1-33(2)26-29-50-41-24-14-12-22-39(41)48(3,28-25-34-15-7-8-16-34)43(50)32-38-46(51)45(47(38)52)44-37-21-11-13-23-40(37)49(30-27-35-17-9-10-18-35)42(44)31-36-19-5-4-6-20-36/h4-24,32-35H,25-31H2,1-3H3. The SMILES string of the molecule is CC(C)CC[N+]1=C(/C=C2\C(=O)C(c3c(Cc4ccccc4)n(CCC4C=CC=C4)c4ccccc34)=C2[O-])C(C)(CCC2C=CC=C2)c2ccccc21. The third kappa shape index (κ3) is 6.08. The molecule has 0 fully saturated rings. The van der Waals surface area contributed by atoms with Gasteiger partial charge in [0.2, 0.25) is 5.69 Å². The molecule has 1 aromatic heterocycles. The van der Waals surface area contributed by atoms with Crippen LogP contribution in [0.25, 0.3) is 16.5 Å². The van der Waals surface area contributed by atoms with Crippen LogP contribution in [0.5, 0.6) is 0 Å². The second kappa shape index (κ2) is 14.1. The van der Waals surface area contributed by atoms with Gasteiger partial charge in [-0.1, -0.05) is 135 Å². The fourth-order valence-electron chi connectivity index (χ4n) is 8.72. The molecule has 0 amide bonds. The number of rotatable bonds is 13. The molecule has 0 radical (unpaired) electrons. The highest BCUT2D eigenvalue weighted by Gasteiger charge is 2.48. The third-order valence-corrected chi connectivity index (χ3v) is 11.7. The van der Waals surface area contributed by atoms with Gasteiger partial charge >= 0.3 is 0 Å². The quantitative estimate of drug-likeness (QED) is 0.104. The molecule has 1 atom stereocenters. The minimum atomic E-state index is -0.335. The number of nitrogens with zero attached hydrogens (tertiary/aromatic N) is 2. The zero-order valence-electron chi connectivity index (χ0n) is 30.6. The number of para-hydroxylation sites is 2. The summed E-state index contributed by atoms with van der Waals surface area (Å²) in [5.74, 6) is 1.02. The third-order valence-electron chi connectivity index (χ3n) is 11.7. The Morgan fingerprint density at radius 2 is 1.50 bits per heavy atom. The number of ketones is 1. The van der Waals surface area contributed by atoms with E-state index in [1.54, 1.807) is 0 Å². The number of fused-ring (bicyclic) bond motifs is 2. The number of allylic oxidation sites excluding steroid dienone is 11. The Labute approximate surface area is 308 Å². The van der Waals surface area contributed by atoms with Gasteiger partial charge < -0.3 is 9.67 Å². The predicted molar refractivity (Wildman–Crippen MR) is 212 cm³/mol. The molecule has 52 heavy (non-hydrogen) atoms. The average Bonchev–Trinajstić information content (AvgIpc) is 3.97. The van der Waals surface area contributed by atoms with Gasteiger partial charge in [0.15, 0.2) is 11.5 Å². The van der Waals surface area contributed by atoms with Crippen LogP contribution in [-0.2, 0) is 23.2 Å². The highest BCUT2D eigenvalue weighted by molar-refractivity contribution is 6.41. The number of benzene rings is 3. The lowest BCUT2D eigenvalue weighted by Gasteiger charge is -2.32. The van der Waals surface area contributed by atoms with Crippen molar-refractivity contribution < 1.29 is 14.5 Å². The first kappa shape index (κ1) is 33.9. The summed E-state index contributed by atoms with van der Waals surface area (Å²) in [4.78, 5) is 14.6. The molecule has 262 valence electrons. The summed E-state index contributed by atoms with van der Waals surface area (Å²) in [6.07, 6.45) is 24.0. The first-order valence-corrected chi connectivity index (χ1v) is 19.1. The van der Waals surface area contributed by atoms with Gasteiger partial charge in [0.1, 0.15) is 6.54 Å². The fourth-order valence-corrected chi connectivity index (χ4v) is 8.72. The van der Waals surface area contributed by atoms with E-state index in [-0.39, 0.29) is 17.0 Å². The normalized spacial score (nSPS) is 20.5. The molecular weight excluding hydrogens is 637 g/mol.